The minimum atomic E-state index is -1.04. The van der Waals surface area contributed by atoms with Gasteiger partial charge in [-0.3, -0.25) is 4.79 Å². The van der Waals surface area contributed by atoms with Gasteiger partial charge in [0.2, 0.25) is 0 Å². The Kier molecular flexibility index (Phi) is 1.42. The zero-order chi connectivity index (χ0) is 7.02. The molecule has 52 valence electrons. The second kappa shape index (κ2) is 1.97. The smallest absolute Gasteiger partial charge is 0.251 e. The van der Waals surface area contributed by atoms with Crippen LogP contribution < -0.4 is 5.32 Å². The number of rotatable bonds is 0. The van der Waals surface area contributed by atoms with E-state index in [1.807, 2.05) is 0 Å². The molecule has 3 unspecified atom stereocenters. The molecule has 0 bridgehead atoms. The van der Waals surface area contributed by atoms with Gasteiger partial charge in [0, 0.05) is 5.92 Å². The van der Waals surface area contributed by atoms with Crippen LogP contribution in [0, 0.1) is 5.92 Å². The molecule has 0 aromatic rings. The van der Waals surface area contributed by atoms with Crippen LogP contribution in [-0.2, 0) is 4.79 Å². The van der Waals surface area contributed by atoms with Crippen molar-refractivity contribution in [3.05, 3.63) is 0 Å². The number of amides is 1. The molecule has 0 spiro atoms. The summed E-state index contributed by atoms with van der Waals surface area (Å²) >= 11 is 0. The third-order valence-corrected chi connectivity index (χ3v) is 1.55. The van der Waals surface area contributed by atoms with Gasteiger partial charge < -0.3 is 15.5 Å². The summed E-state index contributed by atoms with van der Waals surface area (Å²) < 4.78 is 0. The topological polar surface area (TPSA) is 69.6 Å². The highest BCUT2D eigenvalue weighted by molar-refractivity contribution is 5.83. The van der Waals surface area contributed by atoms with Crippen molar-refractivity contribution in [1.82, 2.24) is 5.32 Å². The van der Waals surface area contributed by atoms with Crippen LogP contribution in [0.25, 0.3) is 0 Å². The first-order valence-corrected chi connectivity index (χ1v) is 2.79. The minimum Gasteiger partial charge on any atom is -0.383 e. The molecular formula is C5H9NO3. The zero-order valence-corrected chi connectivity index (χ0v) is 5.03. The maximum atomic E-state index is 10.5. The van der Waals surface area contributed by atoms with Crippen molar-refractivity contribution in [1.29, 1.82) is 0 Å². The Morgan fingerprint density at radius 1 is 1.56 bits per heavy atom. The van der Waals surface area contributed by atoms with Crippen molar-refractivity contribution in [2.75, 3.05) is 0 Å². The molecule has 1 rings (SSSR count). The molecule has 0 aliphatic carbocycles. The first-order valence-electron chi connectivity index (χ1n) is 2.79. The van der Waals surface area contributed by atoms with E-state index in [9.17, 15) is 4.79 Å². The first-order chi connectivity index (χ1) is 4.13. The molecule has 0 saturated carbocycles. The van der Waals surface area contributed by atoms with E-state index in [-0.39, 0.29) is 0 Å². The molecule has 1 aliphatic heterocycles. The van der Waals surface area contributed by atoms with E-state index in [1.54, 1.807) is 6.92 Å². The molecule has 3 N–H and O–H groups in total. The van der Waals surface area contributed by atoms with E-state index in [2.05, 4.69) is 5.32 Å². The molecular weight excluding hydrogens is 122 g/mol. The van der Waals surface area contributed by atoms with E-state index in [0.717, 1.165) is 0 Å². The quantitative estimate of drug-likeness (QED) is 0.372. The van der Waals surface area contributed by atoms with Gasteiger partial charge in [0.1, 0.15) is 12.3 Å². The zero-order valence-electron chi connectivity index (χ0n) is 5.03. The highest BCUT2D eigenvalue weighted by Crippen LogP contribution is 2.13. The lowest BCUT2D eigenvalue weighted by Gasteiger charge is -2.06. The number of nitrogens with one attached hydrogen (secondary N) is 1. The summed E-state index contributed by atoms with van der Waals surface area (Å²) in [6, 6.07) is 0. The van der Waals surface area contributed by atoms with Crippen molar-refractivity contribution in [3.63, 3.8) is 0 Å². The Hall–Kier alpha value is -0.610. The lowest BCUT2D eigenvalue weighted by Crippen LogP contribution is -2.27. The van der Waals surface area contributed by atoms with Crippen LogP contribution in [0.4, 0.5) is 0 Å². The molecule has 4 nitrogen and oxygen atoms in total. The summed E-state index contributed by atoms with van der Waals surface area (Å²) in [6.07, 6.45) is -1.92. The predicted octanol–water partition coefficient (Wildman–Crippen LogP) is -1.57. The van der Waals surface area contributed by atoms with Crippen LogP contribution in [0.5, 0.6) is 0 Å². The molecule has 1 aliphatic rings. The van der Waals surface area contributed by atoms with Crippen LogP contribution >= 0.6 is 0 Å². The second-order valence-electron chi connectivity index (χ2n) is 2.26. The second-order valence-corrected chi connectivity index (χ2v) is 2.26. The summed E-state index contributed by atoms with van der Waals surface area (Å²) in [7, 11) is 0. The van der Waals surface area contributed by atoms with Crippen molar-refractivity contribution < 1.29 is 15.0 Å². The van der Waals surface area contributed by atoms with E-state index < -0.39 is 24.2 Å². The van der Waals surface area contributed by atoms with Crippen LogP contribution in [0.3, 0.4) is 0 Å². The van der Waals surface area contributed by atoms with E-state index in [0.29, 0.717) is 0 Å². The summed E-state index contributed by atoms with van der Waals surface area (Å²) in [5.41, 5.74) is 0. The van der Waals surface area contributed by atoms with Crippen LogP contribution in [-0.4, -0.2) is 28.5 Å². The number of hydrogen-bond donors (Lipinski definition) is 3. The standard InChI is InChI=1S/C5H9NO3/c1-2-3(7)5(9)6-4(2)8/h2-4,7-8H,1H3,(H,6,9). The molecule has 1 saturated heterocycles. The lowest BCUT2D eigenvalue weighted by atomic mass is 10.1. The van der Waals surface area contributed by atoms with Gasteiger partial charge in [0.25, 0.3) is 5.91 Å². The monoisotopic (exact) mass is 131 g/mol. The molecule has 0 aromatic carbocycles. The van der Waals surface area contributed by atoms with E-state index in [1.165, 1.54) is 0 Å². The molecule has 1 fully saturated rings. The lowest BCUT2D eigenvalue weighted by molar-refractivity contribution is -0.127. The Bertz CT molecular complexity index is 136. The van der Waals surface area contributed by atoms with Crippen molar-refractivity contribution in [2.24, 2.45) is 5.92 Å². The third-order valence-electron chi connectivity index (χ3n) is 1.55. The van der Waals surface area contributed by atoms with Gasteiger partial charge in [0.05, 0.1) is 0 Å². The van der Waals surface area contributed by atoms with Crippen molar-refractivity contribution in [2.45, 2.75) is 19.3 Å². The summed E-state index contributed by atoms with van der Waals surface area (Å²) in [4.78, 5) is 10.5. The molecule has 3 atom stereocenters. The van der Waals surface area contributed by atoms with Gasteiger partial charge >= 0.3 is 0 Å². The number of carbonyl (C=O) groups is 1. The summed E-state index contributed by atoms with van der Waals surface area (Å²) in [6.45, 7) is 1.60. The third kappa shape index (κ3) is 0.906. The van der Waals surface area contributed by atoms with Crippen molar-refractivity contribution >= 4 is 5.91 Å². The van der Waals surface area contributed by atoms with Gasteiger partial charge in [-0.25, -0.2) is 0 Å². The SMILES string of the molecule is CC1C(O)NC(=O)C1O. The first kappa shape index (κ1) is 6.51. The average Bonchev–Trinajstić information content (AvgIpc) is 1.98. The van der Waals surface area contributed by atoms with Crippen molar-refractivity contribution in [3.8, 4) is 0 Å². The fourth-order valence-electron chi connectivity index (χ4n) is 0.774. The number of carbonyl (C=O) groups excluding carboxylic acids is 1. The van der Waals surface area contributed by atoms with Gasteiger partial charge in [0.15, 0.2) is 0 Å². The van der Waals surface area contributed by atoms with E-state index in [4.69, 9.17) is 10.2 Å². The Morgan fingerprint density at radius 3 is 2.22 bits per heavy atom. The Morgan fingerprint density at radius 2 is 2.11 bits per heavy atom. The molecule has 4 heteroatoms. The van der Waals surface area contributed by atoms with Crippen LogP contribution in [0.1, 0.15) is 6.92 Å². The fraction of sp³-hybridized carbons (Fsp3) is 0.800. The van der Waals surface area contributed by atoms with Crippen LogP contribution in [0.2, 0.25) is 0 Å². The highest BCUT2D eigenvalue weighted by Gasteiger charge is 2.36. The number of aliphatic hydroxyl groups is 2. The molecule has 1 heterocycles. The average molecular weight is 131 g/mol. The Labute approximate surface area is 52.5 Å². The summed E-state index contributed by atoms with van der Waals surface area (Å²) in [5.74, 6) is -0.882. The highest BCUT2D eigenvalue weighted by atomic mass is 16.3. The molecule has 9 heavy (non-hydrogen) atoms. The summed E-state index contributed by atoms with van der Waals surface area (Å²) in [5, 5.41) is 19.9. The number of hydrogen-bond acceptors (Lipinski definition) is 3. The van der Waals surface area contributed by atoms with Gasteiger partial charge in [-0.05, 0) is 0 Å². The minimum absolute atomic E-state index is 0.391. The predicted molar refractivity (Wildman–Crippen MR) is 29.3 cm³/mol. The molecule has 0 radical (unpaired) electrons. The maximum Gasteiger partial charge on any atom is 0.251 e. The normalized spacial score (nSPS) is 43.0. The molecule has 0 aromatic heterocycles. The maximum absolute atomic E-state index is 10.5. The largest absolute Gasteiger partial charge is 0.383 e. The van der Waals surface area contributed by atoms with Crippen LogP contribution in [0.15, 0.2) is 0 Å². The van der Waals surface area contributed by atoms with Gasteiger partial charge in [-0.2, -0.15) is 0 Å². The molecule has 1 amide bonds. The van der Waals surface area contributed by atoms with E-state index >= 15 is 0 Å². The van der Waals surface area contributed by atoms with Gasteiger partial charge in [-0.1, -0.05) is 6.92 Å². The number of aliphatic hydroxyl groups excluding tert-OH is 2. The Balaban J connectivity index is 2.65. The van der Waals surface area contributed by atoms with Gasteiger partial charge in [-0.15, -0.1) is 0 Å². The fourth-order valence-corrected chi connectivity index (χ4v) is 0.774.